The summed E-state index contributed by atoms with van der Waals surface area (Å²) in [5.41, 5.74) is 8.31. The summed E-state index contributed by atoms with van der Waals surface area (Å²) in [6, 6.07) is 32.0. The van der Waals surface area contributed by atoms with E-state index in [2.05, 4.69) is 20.5 Å². The van der Waals surface area contributed by atoms with Crippen LogP contribution < -0.4 is 21.9 Å². The second-order valence-electron chi connectivity index (χ2n) is 13.0. The lowest BCUT2D eigenvalue weighted by Crippen LogP contribution is -2.49. The third kappa shape index (κ3) is 7.75. The Morgan fingerprint density at radius 3 is 2.24 bits per heavy atom. The summed E-state index contributed by atoms with van der Waals surface area (Å²) >= 11 is 0. The quantitative estimate of drug-likeness (QED) is 0.0892. The number of likely N-dealkylation sites (tertiary alicyclic amines) is 1. The van der Waals surface area contributed by atoms with Crippen LogP contribution >= 0.6 is 0 Å². The molecule has 0 unspecified atom stereocenters. The molecule has 7 N–H and O–H groups in total. The standard InChI is InChI=1S/C39H43N5O6S/c40-38(48)39(28-7-3-1-4-8-28,29-9-5-2-6-10-29)30-19-21-44(25-30)22-20-41-26-51(49,50)31-13-11-27(12-14-31)23-42-24-35(46)32-15-17-34(45)37-33(32)16-18-36(47)43-37/h1-18,30,35,41-42,45-46H,19-26H2,(H2,40,48)(H,43,47)/t30-,35+/m1/s1. The number of nitrogens with zero attached hydrogens (tertiary/aromatic N) is 1. The number of primary amides is 1. The molecule has 1 fully saturated rings. The Kier molecular flexibility index (Phi) is 11.0. The topological polar surface area (TPSA) is 178 Å². The maximum absolute atomic E-state index is 13.3. The van der Waals surface area contributed by atoms with E-state index in [1.54, 1.807) is 36.4 Å². The minimum absolute atomic E-state index is 0.0423. The van der Waals surface area contributed by atoms with Crippen LogP contribution in [0.4, 0.5) is 0 Å². The Balaban J connectivity index is 0.995. The molecule has 0 saturated carbocycles. The molecule has 51 heavy (non-hydrogen) atoms. The van der Waals surface area contributed by atoms with Gasteiger partial charge in [-0.25, -0.2) is 8.42 Å². The van der Waals surface area contributed by atoms with Crippen LogP contribution in [0, 0.1) is 5.92 Å². The number of carbonyl (C=O) groups excluding carboxylic acids is 1. The van der Waals surface area contributed by atoms with Gasteiger partial charge >= 0.3 is 0 Å². The number of H-pyrrole nitrogens is 1. The van der Waals surface area contributed by atoms with Gasteiger partial charge in [0.05, 0.1) is 16.5 Å². The van der Waals surface area contributed by atoms with E-state index in [1.165, 1.54) is 12.1 Å². The highest BCUT2D eigenvalue weighted by Gasteiger charge is 2.49. The van der Waals surface area contributed by atoms with Gasteiger partial charge in [0, 0.05) is 44.2 Å². The number of phenols is 1. The van der Waals surface area contributed by atoms with Crippen molar-refractivity contribution in [1.82, 2.24) is 20.5 Å². The van der Waals surface area contributed by atoms with Crippen LogP contribution in [0.1, 0.15) is 34.8 Å². The average molecular weight is 710 g/mol. The van der Waals surface area contributed by atoms with E-state index in [9.17, 15) is 28.2 Å². The van der Waals surface area contributed by atoms with Gasteiger partial charge in [-0.3, -0.25) is 9.59 Å². The van der Waals surface area contributed by atoms with Crippen molar-refractivity contribution in [2.45, 2.75) is 29.4 Å². The molecule has 6 rings (SSSR count). The Labute approximate surface area is 297 Å². The zero-order chi connectivity index (χ0) is 36.0. The first-order valence-corrected chi connectivity index (χ1v) is 18.6. The number of phenolic OH excluding ortho intramolecular Hbond substituents is 1. The molecule has 12 heteroatoms. The van der Waals surface area contributed by atoms with E-state index in [0.29, 0.717) is 37.1 Å². The number of aliphatic hydroxyl groups is 1. The van der Waals surface area contributed by atoms with E-state index in [4.69, 9.17) is 5.73 Å². The van der Waals surface area contributed by atoms with Crippen molar-refractivity contribution in [3.63, 3.8) is 0 Å². The second-order valence-corrected chi connectivity index (χ2v) is 15.0. The largest absolute Gasteiger partial charge is 0.506 e. The van der Waals surface area contributed by atoms with E-state index in [1.807, 2.05) is 60.7 Å². The lowest BCUT2D eigenvalue weighted by molar-refractivity contribution is -0.123. The Morgan fingerprint density at radius 2 is 1.59 bits per heavy atom. The lowest BCUT2D eigenvalue weighted by atomic mass is 9.64. The molecule has 11 nitrogen and oxygen atoms in total. The number of aromatic amines is 1. The monoisotopic (exact) mass is 709 g/mol. The number of hydrogen-bond donors (Lipinski definition) is 6. The number of aromatic hydroxyl groups is 1. The van der Waals surface area contributed by atoms with E-state index >= 15 is 0 Å². The first kappa shape index (κ1) is 36.0. The van der Waals surface area contributed by atoms with Crippen molar-refractivity contribution in [3.8, 4) is 5.75 Å². The number of sulfone groups is 1. The SMILES string of the molecule is NC(=O)C(c1ccccc1)(c1ccccc1)[C@@H]1CCN(CCNCS(=O)(=O)c2ccc(CNC[C@H](O)c3ccc(O)c4[nH]c(=O)ccc34)cc2)C1. The van der Waals surface area contributed by atoms with Crippen LogP contribution in [0.2, 0.25) is 0 Å². The maximum Gasteiger partial charge on any atom is 0.248 e. The molecule has 0 radical (unpaired) electrons. The van der Waals surface area contributed by atoms with Crippen LogP contribution in [0.15, 0.2) is 119 Å². The molecular formula is C39H43N5O6S. The van der Waals surface area contributed by atoms with Crippen molar-refractivity contribution < 1.29 is 23.4 Å². The predicted octanol–water partition coefficient (Wildman–Crippen LogP) is 3.17. The van der Waals surface area contributed by atoms with Crippen molar-refractivity contribution in [3.05, 3.63) is 142 Å². The molecule has 1 saturated heterocycles. The van der Waals surface area contributed by atoms with E-state index in [0.717, 1.165) is 29.7 Å². The third-order valence-corrected chi connectivity index (χ3v) is 11.4. The summed E-state index contributed by atoms with van der Waals surface area (Å²) in [4.78, 5) is 30.1. The summed E-state index contributed by atoms with van der Waals surface area (Å²) in [7, 11) is -3.58. The molecule has 0 aliphatic carbocycles. The van der Waals surface area contributed by atoms with Crippen LogP contribution in [0.3, 0.4) is 0 Å². The van der Waals surface area contributed by atoms with Gasteiger partial charge in [-0.05, 0) is 65.4 Å². The van der Waals surface area contributed by atoms with E-state index in [-0.39, 0.29) is 46.0 Å². The number of benzene rings is 4. The number of pyridine rings is 1. The third-order valence-electron chi connectivity index (χ3n) is 9.84. The molecule has 0 bridgehead atoms. The van der Waals surface area contributed by atoms with Gasteiger partial charge in [-0.1, -0.05) is 78.9 Å². The number of fused-ring (bicyclic) bond motifs is 1. The highest BCUT2D eigenvalue weighted by atomic mass is 32.2. The Bertz CT molecular complexity index is 2090. The van der Waals surface area contributed by atoms with Gasteiger partial charge in [-0.2, -0.15) is 0 Å². The zero-order valence-electron chi connectivity index (χ0n) is 28.2. The summed E-state index contributed by atoms with van der Waals surface area (Å²) in [6.45, 7) is 3.10. The highest BCUT2D eigenvalue weighted by molar-refractivity contribution is 7.91. The lowest BCUT2D eigenvalue weighted by Gasteiger charge is -2.37. The molecule has 4 aromatic carbocycles. The molecular weight excluding hydrogens is 667 g/mol. The number of hydrogen-bond acceptors (Lipinski definition) is 9. The fraction of sp³-hybridized carbons (Fsp3) is 0.282. The zero-order valence-corrected chi connectivity index (χ0v) is 29.0. The van der Waals surface area contributed by atoms with Crippen molar-refractivity contribution in [1.29, 1.82) is 0 Å². The Hall–Kier alpha value is -4.85. The number of aliphatic hydroxyl groups excluding tert-OH is 1. The van der Waals surface area contributed by atoms with E-state index < -0.39 is 21.4 Å². The van der Waals surface area contributed by atoms with Crippen LogP contribution in [0.25, 0.3) is 10.9 Å². The number of aromatic nitrogens is 1. The van der Waals surface area contributed by atoms with Crippen LogP contribution in [-0.4, -0.2) is 73.0 Å². The van der Waals surface area contributed by atoms with Gasteiger partial charge in [0.2, 0.25) is 11.5 Å². The predicted molar refractivity (Wildman–Crippen MR) is 197 cm³/mol. The molecule has 2 heterocycles. The molecule has 1 aromatic heterocycles. The average Bonchev–Trinajstić information content (AvgIpc) is 3.61. The maximum atomic E-state index is 13.3. The number of carbonyl (C=O) groups is 1. The molecule has 266 valence electrons. The van der Waals surface area contributed by atoms with Crippen molar-refractivity contribution in [2.75, 3.05) is 38.6 Å². The molecule has 0 spiro atoms. The van der Waals surface area contributed by atoms with Gasteiger partial charge in [0.15, 0.2) is 9.84 Å². The van der Waals surface area contributed by atoms with Gasteiger partial charge < -0.3 is 36.5 Å². The van der Waals surface area contributed by atoms with Crippen LogP contribution in [-0.2, 0) is 26.6 Å². The molecule has 5 aromatic rings. The number of amides is 1. The first-order chi connectivity index (χ1) is 24.6. The minimum Gasteiger partial charge on any atom is -0.506 e. The summed E-state index contributed by atoms with van der Waals surface area (Å²) in [5.74, 6) is -0.705. The van der Waals surface area contributed by atoms with Crippen molar-refractivity contribution in [2.24, 2.45) is 11.7 Å². The van der Waals surface area contributed by atoms with Gasteiger partial charge in [-0.15, -0.1) is 0 Å². The number of rotatable bonds is 15. The molecule has 2 atom stereocenters. The molecule has 1 aliphatic heterocycles. The molecule has 1 amide bonds. The fourth-order valence-electron chi connectivity index (χ4n) is 7.27. The molecule has 1 aliphatic rings. The summed E-state index contributed by atoms with van der Waals surface area (Å²) in [6.07, 6.45) is -0.129. The minimum atomic E-state index is -3.58. The fourth-order valence-corrected chi connectivity index (χ4v) is 8.40. The normalized spacial score (nSPS) is 16.0. The smallest absolute Gasteiger partial charge is 0.248 e. The second kappa shape index (κ2) is 15.6. The Morgan fingerprint density at radius 1 is 0.922 bits per heavy atom. The van der Waals surface area contributed by atoms with Gasteiger partial charge in [0.1, 0.15) is 17.0 Å². The number of nitrogens with two attached hydrogens (primary N) is 1. The number of nitrogens with one attached hydrogen (secondary N) is 3. The first-order valence-electron chi connectivity index (χ1n) is 17.0. The summed E-state index contributed by atoms with van der Waals surface area (Å²) < 4.78 is 26.2. The van der Waals surface area contributed by atoms with Crippen LogP contribution in [0.5, 0.6) is 5.75 Å². The van der Waals surface area contributed by atoms with Crippen molar-refractivity contribution >= 4 is 26.6 Å². The van der Waals surface area contributed by atoms with Gasteiger partial charge in [0.25, 0.3) is 0 Å². The highest BCUT2D eigenvalue weighted by Crippen LogP contribution is 2.43. The summed E-state index contributed by atoms with van der Waals surface area (Å²) in [5, 5.41) is 27.7.